The quantitative estimate of drug-likeness (QED) is 0.689. The molecule has 2 rings (SSSR count). The Kier molecular flexibility index (Phi) is 2.59. The molecular formula is C11H11F3O. The predicted molar refractivity (Wildman–Crippen MR) is 49.1 cm³/mol. The van der Waals surface area contributed by atoms with Gasteiger partial charge in [-0.2, -0.15) is 0 Å². The molecule has 1 nitrogen and oxygen atoms in total. The Morgan fingerprint density at radius 3 is 2.13 bits per heavy atom. The largest absolute Gasteiger partial charge is 0.490 e. The van der Waals surface area contributed by atoms with Gasteiger partial charge in [0.1, 0.15) is 5.75 Å². The average Bonchev–Trinajstić information content (AvgIpc) is 2.11. The van der Waals surface area contributed by atoms with Gasteiger partial charge in [-0.3, -0.25) is 0 Å². The van der Waals surface area contributed by atoms with Crippen molar-refractivity contribution >= 4 is 0 Å². The van der Waals surface area contributed by atoms with Crippen molar-refractivity contribution in [3.8, 4) is 5.75 Å². The van der Waals surface area contributed by atoms with Crippen molar-refractivity contribution in [2.75, 3.05) is 0 Å². The minimum Gasteiger partial charge on any atom is -0.490 e. The molecule has 0 radical (unpaired) electrons. The molecule has 0 spiro atoms. The van der Waals surface area contributed by atoms with Crippen LogP contribution in [0.3, 0.4) is 0 Å². The average molecular weight is 216 g/mol. The topological polar surface area (TPSA) is 9.23 Å². The van der Waals surface area contributed by atoms with E-state index in [1.54, 1.807) is 0 Å². The van der Waals surface area contributed by atoms with Crippen molar-refractivity contribution in [2.45, 2.75) is 25.9 Å². The summed E-state index contributed by atoms with van der Waals surface area (Å²) in [7, 11) is 0. The SMILES string of the molecule is CC1CC(Oc2cc(F)c(F)c(F)c2)C1. The Bertz CT molecular complexity index is 349. The molecule has 0 bridgehead atoms. The Morgan fingerprint density at radius 1 is 1.13 bits per heavy atom. The van der Waals surface area contributed by atoms with Gasteiger partial charge in [0.25, 0.3) is 0 Å². The third kappa shape index (κ3) is 2.08. The van der Waals surface area contributed by atoms with Crippen LogP contribution in [0, 0.1) is 23.4 Å². The van der Waals surface area contributed by atoms with E-state index >= 15 is 0 Å². The lowest BCUT2D eigenvalue weighted by Gasteiger charge is -2.32. The number of benzene rings is 1. The molecule has 15 heavy (non-hydrogen) atoms. The summed E-state index contributed by atoms with van der Waals surface area (Å²) >= 11 is 0. The van der Waals surface area contributed by atoms with Crippen molar-refractivity contribution in [2.24, 2.45) is 5.92 Å². The summed E-state index contributed by atoms with van der Waals surface area (Å²) in [6.45, 7) is 2.08. The standard InChI is InChI=1S/C11H11F3O/c1-6-2-7(3-6)15-8-4-9(12)11(14)10(13)5-8/h4-7H,2-3H2,1H3. The Labute approximate surface area is 85.9 Å². The van der Waals surface area contributed by atoms with Crippen molar-refractivity contribution in [1.29, 1.82) is 0 Å². The molecule has 0 heterocycles. The van der Waals surface area contributed by atoms with Gasteiger partial charge in [0.15, 0.2) is 17.5 Å². The van der Waals surface area contributed by atoms with Crippen LogP contribution in [0.2, 0.25) is 0 Å². The van der Waals surface area contributed by atoms with Crippen LogP contribution in [0.4, 0.5) is 13.2 Å². The zero-order valence-corrected chi connectivity index (χ0v) is 8.27. The van der Waals surface area contributed by atoms with Gasteiger partial charge in [-0.1, -0.05) is 6.92 Å². The van der Waals surface area contributed by atoms with Crippen LogP contribution in [0.1, 0.15) is 19.8 Å². The third-order valence-electron chi connectivity index (χ3n) is 2.59. The first-order valence-electron chi connectivity index (χ1n) is 4.87. The van der Waals surface area contributed by atoms with Crippen LogP contribution in [0.15, 0.2) is 12.1 Å². The molecule has 0 saturated heterocycles. The van der Waals surface area contributed by atoms with Gasteiger partial charge in [0, 0.05) is 12.1 Å². The first-order chi connectivity index (χ1) is 7.06. The summed E-state index contributed by atoms with van der Waals surface area (Å²) in [4.78, 5) is 0. The minimum absolute atomic E-state index is 0.00395. The first kappa shape index (κ1) is 10.3. The summed E-state index contributed by atoms with van der Waals surface area (Å²) in [5, 5.41) is 0. The number of halogens is 3. The molecule has 1 aromatic rings. The highest BCUT2D eigenvalue weighted by Crippen LogP contribution is 2.31. The van der Waals surface area contributed by atoms with Crippen LogP contribution in [0.5, 0.6) is 5.75 Å². The lowest BCUT2D eigenvalue weighted by Crippen LogP contribution is -2.31. The Balaban J connectivity index is 2.09. The minimum atomic E-state index is -1.45. The van der Waals surface area contributed by atoms with Crippen molar-refractivity contribution in [1.82, 2.24) is 0 Å². The number of hydrogen-bond donors (Lipinski definition) is 0. The van der Waals surface area contributed by atoms with E-state index in [1.807, 2.05) is 0 Å². The summed E-state index contributed by atoms with van der Waals surface area (Å²) < 4.78 is 43.5. The van der Waals surface area contributed by atoms with Crippen LogP contribution in [-0.2, 0) is 0 Å². The van der Waals surface area contributed by atoms with Gasteiger partial charge < -0.3 is 4.74 Å². The second kappa shape index (κ2) is 3.76. The summed E-state index contributed by atoms with van der Waals surface area (Å²) in [5.74, 6) is -3.23. The van der Waals surface area contributed by atoms with Crippen LogP contribution < -0.4 is 4.74 Å². The van der Waals surface area contributed by atoms with E-state index in [1.165, 1.54) is 0 Å². The van der Waals surface area contributed by atoms with Crippen molar-refractivity contribution in [3.63, 3.8) is 0 Å². The van der Waals surface area contributed by atoms with Gasteiger partial charge in [-0.05, 0) is 18.8 Å². The fourth-order valence-corrected chi connectivity index (χ4v) is 1.72. The summed E-state index contributed by atoms with van der Waals surface area (Å²) in [5.41, 5.74) is 0. The van der Waals surface area contributed by atoms with Gasteiger partial charge >= 0.3 is 0 Å². The number of hydrogen-bond acceptors (Lipinski definition) is 1. The summed E-state index contributed by atoms with van der Waals surface area (Å²) in [6.07, 6.45) is 1.76. The molecule has 1 aliphatic carbocycles. The van der Waals surface area contributed by atoms with Crippen LogP contribution in [0.25, 0.3) is 0 Å². The maximum absolute atomic E-state index is 12.8. The van der Waals surface area contributed by atoms with Crippen molar-refractivity contribution in [3.05, 3.63) is 29.6 Å². The summed E-state index contributed by atoms with van der Waals surface area (Å²) in [6, 6.07) is 1.75. The Hall–Kier alpha value is -1.19. The van der Waals surface area contributed by atoms with Crippen molar-refractivity contribution < 1.29 is 17.9 Å². The van der Waals surface area contributed by atoms with E-state index in [0.29, 0.717) is 5.92 Å². The van der Waals surface area contributed by atoms with E-state index in [2.05, 4.69) is 6.92 Å². The molecular weight excluding hydrogens is 205 g/mol. The highest BCUT2D eigenvalue weighted by molar-refractivity contribution is 5.25. The Morgan fingerprint density at radius 2 is 1.67 bits per heavy atom. The van der Waals surface area contributed by atoms with E-state index in [9.17, 15) is 13.2 Å². The fourth-order valence-electron chi connectivity index (χ4n) is 1.72. The zero-order valence-electron chi connectivity index (χ0n) is 8.27. The maximum atomic E-state index is 12.8. The van der Waals surface area contributed by atoms with E-state index in [4.69, 9.17) is 4.74 Å². The van der Waals surface area contributed by atoms with E-state index in [-0.39, 0.29) is 11.9 Å². The van der Waals surface area contributed by atoms with Crippen LogP contribution in [-0.4, -0.2) is 6.10 Å². The molecule has 4 heteroatoms. The fraction of sp³-hybridized carbons (Fsp3) is 0.455. The molecule has 0 atom stereocenters. The van der Waals surface area contributed by atoms with Gasteiger partial charge in [-0.25, -0.2) is 13.2 Å². The van der Waals surface area contributed by atoms with Crippen LogP contribution >= 0.6 is 0 Å². The van der Waals surface area contributed by atoms with Gasteiger partial charge in [-0.15, -0.1) is 0 Å². The molecule has 0 unspecified atom stereocenters. The molecule has 0 aromatic heterocycles. The first-order valence-corrected chi connectivity index (χ1v) is 4.87. The monoisotopic (exact) mass is 216 g/mol. The molecule has 1 fully saturated rings. The second-order valence-electron chi connectivity index (χ2n) is 4.02. The number of ether oxygens (including phenoxy) is 1. The van der Waals surface area contributed by atoms with E-state index < -0.39 is 17.5 Å². The van der Waals surface area contributed by atoms with Gasteiger partial charge in [0.05, 0.1) is 6.10 Å². The maximum Gasteiger partial charge on any atom is 0.194 e. The molecule has 1 aromatic carbocycles. The second-order valence-corrected chi connectivity index (χ2v) is 4.02. The molecule has 1 aliphatic rings. The lowest BCUT2D eigenvalue weighted by molar-refractivity contribution is 0.0730. The number of rotatable bonds is 2. The lowest BCUT2D eigenvalue weighted by atomic mass is 9.84. The normalized spacial score (nSPS) is 24.8. The molecule has 1 saturated carbocycles. The molecule has 0 amide bonds. The zero-order chi connectivity index (χ0) is 11.0. The molecule has 0 aliphatic heterocycles. The third-order valence-corrected chi connectivity index (χ3v) is 2.59. The highest BCUT2D eigenvalue weighted by atomic mass is 19.2. The predicted octanol–water partition coefficient (Wildman–Crippen LogP) is 3.28. The molecule has 82 valence electrons. The highest BCUT2D eigenvalue weighted by Gasteiger charge is 2.27. The smallest absolute Gasteiger partial charge is 0.194 e. The van der Waals surface area contributed by atoms with E-state index in [0.717, 1.165) is 25.0 Å². The molecule has 0 N–H and O–H groups in total. The van der Waals surface area contributed by atoms with Gasteiger partial charge in [0.2, 0.25) is 0 Å².